The molecular weight excluding hydrogens is 192 g/mol. The molecule has 0 bridgehead atoms. The van der Waals surface area contributed by atoms with Crippen LogP contribution in [0.5, 0.6) is 0 Å². The molecule has 74 valence electrons. The summed E-state index contributed by atoms with van der Waals surface area (Å²) < 4.78 is 0. The van der Waals surface area contributed by atoms with Gasteiger partial charge in [-0.2, -0.15) is 0 Å². The molecule has 0 fully saturated rings. The molecule has 1 rings (SSSR count). The zero-order valence-electron chi connectivity index (χ0n) is 8.23. The normalized spacial score (nSPS) is 12.1. The van der Waals surface area contributed by atoms with E-state index in [1.54, 1.807) is 11.8 Å². The van der Waals surface area contributed by atoms with Gasteiger partial charge in [0.15, 0.2) is 0 Å². The van der Waals surface area contributed by atoms with Crippen LogP contribution in [-0.4, -0.2) is 11.4 Å². The number of thioether (sulfide) groups is 1. The Kier molecular flexibility index (Phi) is 4.58. The van der Waals surface area contributed by atoms with Crippen LogP contribution in [0, 0.1) is 12.3 Å². The maximum atomic E-state index is 9.71. The van der Waals surface area contributed by atoms with Gasteiger partial charge in [-0.25, -0.2) is 0 Å². The summed E-state index contributed by atoms with van der Waals surface area (Å²) in [5.41, 5.74) is 0.943. The monoisotopic (exact) mass is 206 g/mol. The largest absolute Gasteiger partial charge is 0.388 e. The second kappa shape index (κ2) is 5.74. The minimum Gasteiger partial charge on any atom is -0.388 e. The molecule has 1 aromatic rings. The van der Waals surface area contributed by atoms with Crippen LogP contribution in [0.4, 0.5) is 0 Å². The molecule has 1 aromatic carbocycles. The highest BCUT2D eigenvalue weighted by molar-refractivity contribution is 7.98. The van der Waals surface area contributed by atoms with E-state index in [0.717, 1.165) is 5.56 Å². The van der Waals surface area contributed by atoms with E-state index < -0.39 is 6.10 Å². The number of rotatable bonds is 4. The van der Waals surface area contributed by atoms with Gasteiger partial charge in [-0.3, -0.25) is 0 Å². The van der Waals surface area contributed by atoms with Crippen LogP contribution in [0.3, 0.4) is 0 Å². The SMILES string of the molecule is C#CCCC(O)c1ccc(SC)cc1. The zero-order chi connectivity index (χ0) is 10.4. The van der Waals surface area contributed by atoms with Crippen molar-refractivity contribution in [2.45, 2.75) is 23.8 Å². The molecule has 0 aliphatic heterocycles. The summed E-state index contributed by atoms with van der Waals surface area (Å²) in [6.45, 7) is 0. The van der Waals surface area contributed by atoms with E-state index in [0.29, 0.717) is 12.8 Å². The van der Waals surface area contributed by atoms with Gasteiger partial charge in [0, 0.05) is 11.3 Å². The van der Waals surface area contributed by atoms with E-state index in [9.17, 15) is 5.11 Å². The van der Waals surface area contributed by atoms with Crippen molar-refractivity contribution in [2.75, 3.05) is 6.26 Å². The number of aliphatic hydroxyl groups excluding tert-OH is 1. The molecule has 0 aliphatic rings. The Morgan fingerprint density at radius 1 is 1.43 bits per heavy atom. The first-order valence-corrected chi connectivity index (χ1v) is 5.76. The van der Waals surface area contributed by atoms with Crippen molar-refractivity contribution in [3.63, 3.8) is 0 Å². The average Bonchev–Trinajstić information content (AvgIpc) is 2.26. The summed E-state index contributed by atoms with van der Waals surface area (Å²) in [5.74, 6) is 2.53. The Labute approximate surface area is 89.5 Å². The maximum absolute atomic E-state index is 9.71. The van der Waals surface area contributed by atoms with E-state index >= 15 is 0 Å². The predicted octanol–water partition coefficient (Wildman–Crippen LogP) is 2.86. The van der Waals surface area contributed by atoms with Crippen molar-refractivity contribution < 1.29 is 5.11 Å². The third-order valence-electron chi connectivity index (χ3n) is 2.06. The molecule has 0 saturated heterocycles. The van der Waals surface area contributed by atoms with Gasteiger partial charge >= 0.3 is 0 Å². The first-order chi connectivity index (χ1) is 6.77. The van der Waals surface area contributed by atoms with Crippen LogP contribution >= 0.6 is 11.8 Å². The van der Waals surface area contributed by atoms with Crippen LogP contribution in [-0.2, 0) is 0 Å². The molecule has 2 heteroatoms. The van der Waals surface area contributed by atoms with Crippen LogP contribution < -0.4 is 0 Å². The van der Waals surface area contributed by atoms with E-state index in [2.05, 4.69) is 5.92 Å². The van der Waals surface area contributed by atoms with Crippen molar-refractivity contribution in [3.8, 4) is 12.3 Å². The second-order valence-corrected chi connectivity index (χ2v) is 3.91. The van der Waals surface area contributed by atoms with Gasteiger partial charge in [-0.05, 0) is 30.4 Å². The van der Waals surface area contributed by atoms with Crippen molar-refractivity contribution in [1.82, 2.24) is 0 Å². The lowest BCUT2D eigenvalue weighted by molar-refractivity contribution is 0.169. The first kappa shape index (κ1) is 11.2. The molecule has 0 heterocycles. The van der Waals surface area contributed by atoms with Gasteiger partial charge in [0.1, 0.15) is 0 Å². The highest BCUT2D eigenvalue weighted by Gasteiger charge is 2.05. The summed E-state index contributed by atoms with van der Waals surface area (Å²) in [4.78, 5) is 1.21. The van der Waals surface area contributed by atoms with Gasteiger partial charge in [0.2, 0.25) is 0 Å². The minimum atomic E-state index is -0.429. The number of hydrogen-bond acceptors (Lipinski definition) is 2. The second-order valence-electron chi connectivity index (χ2n) is 3.03. The topological polar surface area (TPSA) is 20.2 Å². The van der Waals surface area contributed by atoms with Gasteiger partial charge in [0.25, 0.3) is 0 Å². The van der Waals surface area contributed by atoms with E-state index in [4.69, 9.17) is 6.42 Å². The summed E-state index contributed by atoms with van der Waals surface area (Å²) >= 11 is 1.69. The quantitative estimate of drug-likeness (QED) is 0.604. The molecule has 0 radical (unpaired) electrons. The molecule has 1 atom stereocenters. The molecule has 1 unspecified atom stereocenters. The van der Waals surface area contributed by atoms with Crippen LogP contribution in [0.2, 0.25) is 0 Å². The third kappa shape index (κ3) is 3.10. The number of hydrogen-bond donors (Lipinski definition) is 1. The van der Waals surface area contributed by atoms with Crippen molar-refractivity contribution in [1.29, 1.82) is 0 Å². The summed E-state index contributed by atoms with van der Waals surface area (Å²) in [6.07, 6.45) is 7.99. The smallest absolute Gasteiger partial charge is 0.0799 e. The highest BCUT2D eigenvalue weighted by Crippen LogP contribution is 2.21. The van der Waals surface area contributed by atoms with Crippen molar-refractivity contribution in [2.24, 2.45) is 0 Å². The molecule has 0 spiro atoms. The Bertz CT molecular complexity index is 310. The minimum absolute atomic E-state index is 0.429. The first-order valence-electron chi connectivity index (χ1n) is 4.53. The summed E-state index contributed by atoms with van der Waals surface area (Å²) in [5, 5.41) is 9.71. The van der Waals surface area contributed by atoms with Gasteiger partial charge in [0.05, 0.1) is 6.10 Å². The molecule has 0 aliphatic carbocycles. The fourth-order valence-electron chi connectivity index (χ4n) is 1.21. The van der Waals surface area contributed by atoms with Gasteiger partial charge in [-0.15, -0.1) is 24.1 Å². The summed E-state index contributed by atoms with van der Waals surface area (Å²) in [6, 6.07) is 7.93. The molecular formula is C12H14OS. The average molecular weight is 206 g/mol. The molecule has 1 nitrogen and oxygen atoms in total. The molecule has 0 amide bonds. The fraction of sp³-hybridized carbons (Fsp3) is 0.333. The Hall–Kier alpha value is -0.910. The molecule has 1 N–H and O–H groups in total. The van der Waals surface area contributed by atoms with E-state index in [1.165, 1.54) is 4.90 Å². The maximum Gasteiger partial charge on any atom is 0.0799 e. The standard InChI is InChI=1S/C12H14OS/c1-3-4-5-12(13)10-6-8-11(14-2)9-7-10/h1,6-9,12-13H,4-5H2,2H3. The van der Waals surface area contributed by atoms with Crippen molar-refractivity contribution in [3.05, 3.63) is 29.8 Å². The lowest BCUT2D eigenvalue weighted by Gasteiger charge is -2.09. The van der Waals surface area contributed by atoms with Crippen molar-refractivity contribution >= 4 is 11.8 Å². The third-order valence-corrected chi connectivity index (χ3v) is 2.81. The number of benzene rings is 1. The Morgan fingerprint density at radius 3 is 2.57 bits per heavy atom. The Morgan fingerprint density at radius 2 is 2.07 bits per heavy atom. The summed E-state index contributed by atoms with van der Waals surface area (Å²) in [7, 11) is 0. The van der Waals surface area contributed by atoms with Crippen LogP contribution in [0.15, 0.2) is 29.2 Å². The van der Waals surface area contributed by atoms with Crippen LogP contribution in [0.1, 0.15) is 24.5 Å². The fourth-order valence-corrected chi connectivity index (χ4v) is 1.62. The molecule has 0 saturated carbocycles. The molecule has 14 heavy (non-hydrogen) atoms. The number of terminal acetylenes is 1. The van der Waals surface area contributed by atoms with Gasteiger partial charge < -0.3 is 5.11 Å². The highest BCUT2D eigenvalue weighted by atomic mass is 32.2. The Balaban J connectivity index is 2.62. The zero-order valence-corrected chi connectivity index (χ0v) is 9.05. The van der Waals surface area contributed by atoms with Crippen LogP contribution in [0.25, 0.3) is 0 Å². The molecule has 0 aromatic heterocycles. The predicted molar refractivity (Wildman–Crippen MR) is 61.2 cm³/mol. The van der Waals surface area contributed by atoms with Gasteiger partial charge in [-0.1, -0.05) is 12.1 Å². The van der Waals surface area contributed by atoms with E-state index in [1.807, 2.05) is 30.5 Å². The lowest BCUT2D eigenvalue weighted by Crippen LogP contribution is -1.96. The lowest BCUT2D eigenvalue weighted by atomic mass is 10.1. The van der Waals surface area contributed by atoms with E-state index in [-0.39, 0.29) is 0 Å². The number of aliphatic hydroxyl groups is 1.